The predicted molar refractivity (Wildman–Crippen MR) is 100 cm³/mol. The summed E-state index contributed by atoms with van der Waals surface area (Å²) in [6, 6.07) is 9.99. The van der Waals surface area contributed by atoms with Crippen LogP contribution >= 0.6 is 0 Å². The van der Waals surface area contributed by atoms with Crippen LogP contribution in [-0.2, 0) is 0 Å². The highest BCUT2D eigenvalue weighted by molar-refractivity contribution is 5.95. The molecule has 27 heavy (non-hydrogen) atoms. The number of nitro groups is 1. The molecule has 0 radical (unpaired) electrons. The number of methoxy groups -OCH3 is 2. The van der Waals surface area contributed by atoms with E-state index in [1.165, 1.54) is 12.1 Å². The summed E-state index contributed by atoms with van der Waals surface area (Å²) in [6.45, 7) is 2.28. The summed E-state index contributed by atoms with van der Waals surface area (Å²) in [5.74, 6) is 1.24. The standard InChI is InChI=1S/C20H22N2O5/c1-13-11-14(6-9-17(13)22(24)25)20(23)21-10-4-5-18(21)16-8-7-15(26-2)12-19(16)27-3/h6-9,11-12,18H,4-5,10H2,1-3H3. The van der Waals surface area contributed by atoms with Crippen LogP contribution in [0.25, 0.3) is 0 Å². The van der Waals surface area contributed by atoms with E-state index in [9.17, 15) is 14.9 Å². The number of rotatable bonds is 5. The first-order valence-corrected chi connectivity index (χ1v) is 8.74. The zero-order valence-electron chi connectivity index (χ0n) is 15.6. The lowest BCUT2D eigenvalue weighted by Crippen LogP contribution is -2.30. The molecule has 0 aliphatic carbocycles. The molecule has 0 bridgehead atoms. The third kappa shape index (κ3) is 3.58. The molecule has 1 unspecified atom stereocenters. The maximum atomic E-state index is 13.1. The molecule has 1 atom stereocenters. The molecule has 1 heterocycles. The summed E-state index contributed by atoms with van der Waals surface area (Å²) >= 11 is 0. The van der Waals surface area contributed by atoms with E-state index in [4.69, 9.17) is 9.47 Å². The first-order valence-electron chi connectivity index (χ1n) is 8.74. The van der Waals surface area contributed by atoms with Crippen LogP contribution in [0.4, 0.5) is 5.69 Å². The maximum absolute atomic E-state index is 13.1. The number of likely N-dealkylation sites (tertiary alicyclic amines) is 1. The molecule has 3 rings (SSSR count). The third-order valence-corrected chi connectivity index (χ3v) is 4.95. The molecule has 0 saturated carbocycles. The van der Waals surface area contributed by atoms with Crippen LogP contribution in [0, 0.1) is 17.0 Å². The second kappa shape index (κ2) is 7.65. The van der Waals surface area contributed by atoms with Gasteiger partial charge >= 0.3 is 0 Å². The van der Waals surface area contributed by atoms with Gasteiger partial charge in [0, 0.05) is 35.4 Å². The smallest absolute Gasteiger partial charge is 0.272 e. The minimum atomic E-state index is -0.440. The molecular formula is C20H22N2O5. The normalized spacial score (nSPS) is 16.3. The fourth-order valence-corrected chi connectivity index (χ4v) is 3.59. The van der Waals surface area contributed by atoms with Crippen LogP contribution in [0.1, 0.15) is 40.4 Å². The van der Waals surface area contributed by atoms with E-state index in [-0.39, 0.29) is 17.6 Å². The number of nitrogens with zero attached hydrogens (tertiary/aromatic N) is 2. The molecule has 1 amide bonds. The summed E-state index contributed by atoms with van der Waals surface area (Å²) in [6.07, 6.45) is 1.72. The minimum Gasteiger partial charge on any atom is -0.497 e. The minimum absolute atomic E-state index is 0.0151. The van der Waals surface area contributed by atoms with E-state index in [0.717, 1.165) is 18.4 Å². The van der Waals surface area contributed by atoms with Crippen molar-refractivity contribution in [2.45, 2.75) is 25.8 Å². The fraction of sp³-hybridized carbons (Fsp3) is 0.350. The number of amides is 1. The lowest BCUT2D eigenvalue weighted by molar-refractivity contribution is -0.385. The van der Waals surface area contributed by atoms with Gasteiger partial charge in [0.25, 0.3) is 11.6 Å². The van der Waals surface area contributed by atoms with Crippen molar-refractivity contribution in [3.05, 3.63) is 63.2 Å². The Morgan fingerprint density at radius 3 is 2.59 bits per heavy atom. The molecule has 0 aromatic heterocycles. The molecule has 1 aliphatic rings. The summed E-state index contributed by atoms with van der Waals surface area (Å²) in [5.41, 5.74) is 1.88. The van der Waals surface area contributed by atoms with Gasteiger partial charge in [0.15, 0.2) is 0 Å². The summed E-state index contributed by atoms with van der Waals surface area (Å²) in [5, 5.41) is 11.0. The number of carbonyl (C=O) groups is 1. The Balaban J connectivity index is 1.91. The van der Waals surface area contributed by atoms with E-state index in [1.807, 2.05) is 23.1 Å². The molecule has 1 saturated heterocycles. The molecule has 7 heteroatoms. The van der Waals surface area contributed by atoms with Crippen LogP contribution in [0.15, 0.2) is 36.4 Å². The topological polar surface area (TPSA) is 81.9 Å². The molecule has 7 nitrogen and oxygen atoms in total. The van der Waals surface area contributed by atoms with Crippen LogP contribution in [-0.4, -0.2) is 36.5 Å². The second-order valence-electron chi connectivity index (χ2n) is 6.52. The summed E-state index contributed by atoms with van der Waals surface area (Å²) < 4.78 is 10.7. The van der Waals surface area contributed by atoms with Gasteiger partial charge in [-0.05, 0) is 44.0 Å². The quantitative estimate of drug-likeness (QED) is 0.589. The number of benzene rings is 2. The molecule has 142 valence electrons. The molecular weight excluding hydrogens is 348 g/mol. The van der Waals surface area contributed by atoms with Gasteiger partial charge in [0.05, 0.1) is 25.2 Å². The molecule has 0 spiro atoms. The Kier molecular flexibility index (Phi) is 5.30. The van der Waals surface area contributed by atoms with Crippen LogP contribution in [0.5, 0.6) is 11.5 Å². The average Bonchev–Trinajstić information content (AvgIpc) is 3.15. The van der Waals surface area contributed by atoms with Gasteiger partial charge in [-0.25, -0.2) is 0 Å². The van der Waals surface area contributed by atoms with Crippen molar-refractivity contribution in [1.29, 1.82) is 0 Å². The molecule has 1 aliphatic heterocycles. The molecule has 0 N–H and O–H groups in total. The van der Waals surface area contributed by atoms with E-state index in [1.54, 1.807) is 27.2 Å². The van der Waals surface area contributed by atoms with Gasteiger partial charge in [-0.3, -0.25) is 14.9 Å². The lowest BCUT2D eigenvalue weighted by atomic mass is 10.0. The molecule has 1 fully saturated rings. The van der Waals surface area contributed by atoms with Crippen molar-refractivity contribution in [3.8, 4) is 11.5 Å². The Morgan fingerprint density at radius 1 is 1.19 bits per heavy atom. The van der Waals surface area contributed by atoms with Crippen LogP contribution < -0.4 is 9.47 Å². The Morgan fingerprint density at radius 2 is 1.96 bits per heavy atom. The second-order valence-corrected chi connectivity index (χ2v) is 6.52. The monoisotopic (exact) mass is 370 g/mol. The van der Waals surface area contributed by atoms with Gasteiger partial charge in [-0.2, -0.15) is 0 Å². The largest absolute Gasteiger partial charge is 0.497 e. The number of hydrogen-bond donors (Lipinski definition) is 0. The van der Waals surface area contributed by atoms with Gasteiger partial charge in [-0.1, -0.05) is 0 Å². The van der Waals surface area contributed by atoms with Crippen molar-refractivity contribution in [3.63, 3.8) is 0 Å². The van der Waals surface area contributed by atoms with Crippen molar-refractivity contribution in [1.82, 2.24) is 4.90 Å². The average molecular weight is 370 g/mol. The maximum Gasteiger partial charge on any atom is 0.272 e. The Bertz CT molecular complexity index is 881. The highest BCUT2D eigenvalue weighted by atomic mass is 16.6. The van der Waals surface area contributed by atoms with Crippen molar-refractivity contribution < 1.29 is 19.2 Å². The highest BCUT2D eigenvalue weighted by Crippen LogP contribution is 2.39. The Labute approximate surface area is 157 Å². The van der Waals surface area contributed by atoms with E-state index < -0.39 is 4.92 Å². The van der Waals surface area contributed by atoms with Gasteiger partial charge in [0.2, 0.25) is 0 Å². The first-order chi connectivity index (χ1) is 13.0. The van der Waals surface area contributed by atoms with Crippen molar-refractivity contribution in [2.24, 2.45) is 0 Å². The zero-order valence-corrected chi connectivity index (χ0v) is 15.6. The number of hydrogen-bond acceptors (Lipinski definition) is 5. The first kappa shape index (κ1) is 18.7. The number of aryl methyl sites for hydroxylation is 1. The SMILES string of the molecule is COc1ccc(C2CCCN2C(=O)c2ccc([N+](=O)[O-])c(C)c2)c(OC)c1. The number of nitro benzene ring substituents is 1. The zero-order chi connectivity index (χ0) is 19.6. The summed E-state index contributed by atoms with van der Waals surface area (Å²) in [4.78, 5) is 25.5. The van der Waals surface area contributed by atoms with E-state index >= 15 is 0 Å². The van der Waals surface area contributed by atoms with Crippen molar-refractivity contribution in [2.75, 3.05) is 20.8 Å². The van der Waals surface area contributed by atoms with Crippen LogP contribution in [0.3, 0.4) is 0 Å². The lowest BCUT2D eigenvalue weighted by Gasteiger charge is -2.26. The van der Waals surface area contributed by atoms with E-state index in [2.05, 4.69) is 0 Å². The fourth-order valence-electron chi connectivity index (χ4n) is 3.59. The van der Waals surface area contributed by atoms with Gasteiger partial charge in [0.1, 0.15) is 11.5 Å². The number of ether oxygens (including phenoxy) is 2. The van der Waals surface area contributed by atoms with Gasteiger partial charge < -0.3 is 14.4 Å². The van der Waals surface area contributed by atoms with Crippen molar-refractivity contribution >= 4 is 11.6 Å². The van der Waals surface area contributed by atoms with Gasteiger partial charge in [-0.15, -0.1) is 0 Å². The highest BCUT2D eigenvalue weighted by Gasteiger charge is 2.33. The summed E-state index contributed by atoms with van der Waals surface area (Å²) in [7, 11) is 3.19. The van der Waals surface area contributed by atoms with E-state index in [0.29, 0.717) is 29.2 Å². The Hall–Kier alpha value is -3.09. The molecule has 2 aromatic carbocycles. The molecule has 2 aromatic rings. The van der Waals surface area contributed by atoms with Crippen LogP contribution in [0.2, 0.25) is 0 Å². The third-order valence-electron chi connectivity index (χ3n) is 4.95. The predicted octanol–water partition coefficient (Wildman–Crippen LogP) is 3.90. The number of carbonyl (C=O) groups excluding carboxylic acids is 1.